The molecule has 11 heteroatoms. The first-order chi connectivity index (χ1) is 28.1. The van der Waals surface area contributed by atoms with E-state index in [-0.39, 0.29) is 18.1 Å². The predicted octanol–water partition coefficient (Wildman–Crippen LogP) is 9.88. The maximum Gasteiger partial charge on any atom is 0.237 e. The van der Waals surface area contributed by atoms with Gasteiger partial charge in [-0.3, -0.25) is 19.7 Å². The minimum atomic E-state index is -0.384. The van der Waals surface area contributed by atoms with Gasteiger partial charge in [0.15, 0.2) is 17.6 Å². The molecule has 0 fully saturated rings. The fraction of sp³-hybridized carbons (Fsp3) is 0.255. The number of ether oxygens (including phenoxy) is 4. The topological polar surface area (TPSA) is 95.0 Å². The Balaban J connectivity index is 0.917. The molecule has 4 aromatic carbocycles. The Morgan fingerprint density at radius 2 is 1.64 bits per heavy atom. The van der Waals surface area contributed by atoms with E-state index in [0.29, 0.717) is 67.2 Å². The highest BCUT2D eigenvalue weighted by atomic mass is 35.5. The van der Waals surface area contributed by atoms with E-state index in [0.717, 1.165) is 67.7 Å². The van der Waals surface area contributed by atoms with Gasteiger partial charge >= 0.3 is 0 Å². The van der Waals surface area contributed by atoms with Crippen LogP contribution in [0.25, 0.3) is 0 Å². The van der Waals surface area contributed by atoms with Crippen LogP contribution in [0.3, 0.4) is 0 Å². The third-order valence-corrected chi connectivity index (χ3v) is 11.4. The first kappa shape index (κ1) is 39.2. The van der Waals surface area contributed by atoms with Gasteiger partial charge in [-0.25, -0.2) is 0 Å². The zero-order valence-corrected chi connectivity index (χ0v) is 34.1. The Morgan fingerprint density at radius 1 is 0.862 bits per heavy atom. The number of carbonyl (C=O) groups excluding carboxylic acids is 1. The van der Waals surface area contributed by atoms with Gasteiger partial charge in [-0.1, -0.05) is 59.6 Å². The number of rotatable bonds is 12. The first-order valence-corrected chi connectivity index (χ1v) is 20.2. The normalized spacial score (nSPS) is 16.0. The monoisotopic (exact) mass is 814 g/mol. The van der Waals surface area contributed by atoms with Crippen LogP contribution in [0.2, 0.25) is 10.0 Å². The quantitative estimate of drug-likeness (QED) is 0.131. The molecule has 8 rings (SSSR count). The molecule has 0 spiro atoms. The fourth-order valence-corrected chi connectivity index (χ4v) is 7.61. The molecule has 58 heavy (non-hydrogen) atoms. The number of benzene rings is 4. The summed E-state index contributed by atoms with van der Waals surface area (Å²) in [5.74, 6) is 3.64. The largest absolute Gasteiger partial charge is 0.489 e. The molecule has 0 bridgehead atoms. The Morgan fingerprint density at radius 3 is 2.43 bits per heavy atom. The van der Waals surface area contributed by atoms with Gasteiger partial charge in [-0.15, -0.1) is 0 Å². The Labute approximate surface area is 348 Å². The highest BCUT2D eigenvalue weighted by Gasteiger charge is 2.34. The second kappa shape index (κ2) is 17.5. The SMILES string of the molecule is Cc1cccc(CN2Cc3cc4c(cc3CC2C(=O)NCCc2ccc(Oc3ccnc(C)c3C)cc2)OCC(c2ccc(OCc3ccc(Cl)c(Cl)c3)cc2)O4)n1. The second-order valence-corrected chi connectivity index (χ2v) is 15.6. The molecule has 1 N–H and O–H groups in total. The molecule has 2 aliphatic rings. The summed E-state index contributed by atoms with van der Waals surface area (Å²) in [5.41, 5.74) is 9.02. The lowest BCUT2D eigenvalue weighted by molar-refractivity contribution is -0.127. The summed E-state index contributed by atoms with van der Waals surface area (Å²) in [5, 5.41) is 4.24. The molecule has 2 unspecified atom stereocenters. The minimum Gasteiger partial charge on any atom is -0.489 e. The van der Waals surface area contributed by atoms with Crippen LogP contribution in [0.1, 0.15) is 56.6 Å². The van der Waals surface area contributed by atoms with Gasteiger partial charge in [0.05, 0.1) is 21.8 Å². The smallest absolute Gasteiger partial charge is 0.237 e. The number of hydrogen-bond donors (Lipinski definition) is 1. The number of amides is 1. The van der Waals surface area contributed by atoms with E-state index in [9.17, 15) is 4.79 Å². The molecule has 2 aliphatic heterocycles. The van der Waals surface area contributed by atoms with Crippen LogP contribution in [0.5, 0.6) is 28.7 Å². The predicted molar refractivity (Wildman–Crippen MR) is 225 cm³/mol. The molecule has 0 aliphatic carbocycles. The van der Waals surface area contributed by atoms with Crippen molar-refractivity contribution in [2.45, 2.75) is 65.5 Å². The molecule has 1 amide bonds. The van der Waals surface area contributed by atoms with Crippen molar-refractivity contribution >= 4 is 29.1 Å². The number of fused-ring (bicyclic) bond motifs is 2. The van der Waals surface area contributed by atoms with E-state index >= 15 is 0 Å². The summed E-state index contributed by atoms with van der Waals surface area (Å²) in [6.45, 7) is 8.30. The number of halogens is 2. The van der Waals surface area contributed by atoms with Crippen LogP contribution in [0.15, 0.2) is 109 Å². The van der Waals surface area contributed by atoms with E-state index in [4.69, 9.17) is 47.1 Å². The van der Waals surface area contributed by atoms with Gasteiger partial charge in [0, 0.05) is 42.8 Å². The van der Waals surface area contributed by atoms with Gasteiger partial charge < -0.3 is 24.3 Å². The summed E-state index contributed by atoms with van der Waals surface area (Å²) >= 11 is 12.2. The van der Waals surface area contributed by atoms with Gasteiger partial charge in [0.2, 0.25) is 5.91 Å². The average molecular weight is 816 g/mol. The van der Waals surface area contributed by atoms with Crippen molar-refractivity contribution in [1.82, 2.24) is 20.2 Å². The van der Waals surface area contributed by atoms with Gasteiger partial charge in [0.25, 0.3) is 0 Å². The van der Waals surface area contributed by atoms with E-state index < -0.39 is 0 Å². The summed E-state index contributed by atoms with van der Waals surface area (Å²) < 4.78 is 24.9. The fourth-order valence-electron chi connectivity index (χ4n) is 7.29. The van der Waals surface area contributed by atoms with Crippen LogP contribution in [0, 0.1) is 20.8 Å². The van der Waals surface area contributed by atoms with E-state index in [1.54, 1.807) is 18.3 Å². The summed E-state index contributed by atoms with van der Waals surface area (Å²) in [6, 6.07) is 32.9. The summed E-state index contributed by atoms with van der Waals surface area (Å²) in [4.78, 5) is 25.3. The third-order valence-electron chi connectivity index (χ3n) is 10.7. The number of carbonyl (C=O) groups is 1. The van der Waals surface area contributed by atoms with Gasteiger partial charge in [0.1, 0.15) is 30.5 Å². The van der Waals surface area contributed by atoms with Crippen molar-refractivity contribution in [2.75, 3.05) is 13.2 Å². The molecule has 0 radical (unpaired) electrons. The molecule has 2 atom stereocenters. The second-order valence-electron chi connectivity index (χ2n) is 14.8. The number of aryl methyl sites for hydroxylation is 2. The van der Waals surface area contributed by atoms with Crippen LogP contribution in [-0.4, -0.2) is 40.0 Å². The zero-order chi connectivity index (χ0) is 40.2. The summed E-state index contributed by atoms with van der Waals surface area (Å²) in [6.07, 6.45) is 2.70. The minimum absolute atomic E-state index is 0.0128. The molecule has 296 valence electrons. The maximum absolute atomic E-state index is 14.0. The number of hydrogen-bond acceptors (Lipinski definition) is 8. The van der Waals surface area contributed by atoms with Crippen LogP contribution in [0.4, 0.5) is 0 Å². The Bertz CT molecular complexity index is 2430. The molecule has 9 nitrogen and oxygen atoms in total. The van der Waals surface area contributed by atoms with E-state index in [1.165, 1.54) is 0 Å². The van der Waals surface area contributed by atoms with Crippen LogP contribution >= 0.6 is 23.2 Å². The molecular formula is C47H44Cl2N4O5. The summed E-state index contributed by atoms with van der Waals surface area (Å²) in [7, 11) is 0. The Kier molecular flexibility index (Phi) is 11.8. The van der Waals surface area contributed by atoms with Crippen LogP contribution < -0.4 is 24.3 Å². The molecular weight excluding hydrogens is 771 g/mol. The van der Waals surface area contributed by atoms with Crippen molar-refractivity contribution in [3.8, 4) is 28.7 Å². The van der Waals surface area contributed by atoms with Gasteiger partial charge in [-0.05, 0) is 128 Å². The number of nitrogens with zero attached hydrogens (tertiary/aromatic N) is 3. The lowest BCUT2D eigenvalue weighted by atomic mass is 9.92. The van der Waals surface area contributed by atoms with Crippen molar-refractivity contribution < 1.29 is 23.7 Å². The molecule has 0 saturated heterocycles. The van der Waals surface area contributed by atoms with Crippen LogP contribution in [-0.2, 0) is 37.3 Å². The van der Waals surface area contributed by atoms with Crippen molar-refractivity contribution in [3.63, 3.8) is 0 Å². The molecule has 0 saturated carbocycles. The third kappa shape index (κ3) is 9.23. The lowest BCUT2D eigenvalue weighted by Gasteiger charge is -2.37. The average Bonchev–Trinajstić information content (AvgIpc) is 3.22. The maximum atomic E-state index is 14.0. The lowest BCUT2D eigenvalue weighted by Crippen LogP contribution is -2.50. The zero-order valence-electron chi connectivity index (χ0n) is 32.6. The van der Waals surface area contributed by atoms with E-state index in [1.807, 2.05) is 106 Å². The molecule has 6 aromatic rings. The van der Waals surface area contributed by atoms with Crippen molar-refractivity contribution in [1.29, 1.82) is 0 Å². The van der Waals surface area contributed by atoms with Crippen molar-refractivity contribution in [3.05, 3.63) is 170 Å². The Hall–Kier alpha value is -5.61. The van der Waals surface area contributed by atoms with Crippen molar-refractivity contribution in [2.24, 2.45) is 0 Å². The van der Waals surface area contributed by atoms with E-state index in [2.05, 4.69) is 21.3 Å². The standard InChI is InChI=1S/C47H44Cl2N4O5/c1-29-5-4-6-37(52-29)26-53-25-36-24-45-44(56-28-46(58-45)34-10-14-38(15-11-34)55-27-33-9-16-40(48)41(49)21-33)23-35(36)22-42(53)47(54)51-19-17-32-7-12-39(13-8-32)57-43-18-20-50-31(3)30(43)2/h4-16,18,20-21,23-24,42,46H,17,19,22,25-28H2,1-3H3,(H,51,54). The first-order valence-electron chi connectivity index (χ1n) is 19.4. The molecule has 4 heterocycles. The number of pyridine rings is 2. The molecule has 2 aromatic heterocycles. The highest BCUT2D eigenvalue weighted by Crippen LogP contribution is 2.41. The number of aromatic nitrogens is 2. The van der Waals surface area contributed by atoms with Gasteiger partial charge in [-0.2, -0.15) is 0 Å². The number of nitrogens with one attached hydrogen (secondary N) is 1. The highest BCUT2D eigenvalue weighted by molar-refractivity contribution is 6.42.